The van der Waals surface area contributed by atoms with E-state index in [0.29, 0.717) is 29.7 Å². The van der Waals surface area contributed by atoms with Gasteiger partial charge in [-0.1, -0.05) is 6.92 Å². The van der Waals surface area contributed by atoms with Gasteiger partial charge in [0.15, 0.2) is 12.1 Å². The van der Waals surface area contributed by atoms with Gasteiger partial charge in [-0.25, -0.2) is 4.98 Å². The summed E-state index contributed by atoms with van der Waals surface area (Å²) in [5.74, 6) is 0.743. The summed E-state index contributed by atoms with van der Waals surface area (Å²) >= 11 is 0. The molecule has 0 N–H and O–H groups in total. The van der Waals surface area contributed by atoms with Crippen LogP contribution in [0, 0.1) is 0 Å². The van der Waals surface area contributed by atoms with Crippen molar-refractivity contribution in [1.82, 2.24) is 14.5 Å². The average Bonchev–Trinajstić information content (AvgIpc) is 2.49. The molecule has 2 aromatic heterocycles. The minimum absolute atomic E-state index is 0.0943. The SMILES string of the molecule is CCc1cnc(C=O)n(Cc2cc(OC)ccn2)c1=O. The second-order valence-corrected chi connectivity index (χ2v) is 4.19. The number of aldehydes is 1. The summed E-state index contributed by atoms with van der Waals surface area (Å²) in [7, 11) is 1.56. The predicted molar refractivity (Wildman–Crippen MR) is 73.2 cm³/mol. The summed E-state index contributed by atoms with van der Waals surface area (Å²) in [4.78, 5) is 31.4. The van der Waals surface area contributed by atoms with Crippen molar-refractivity contribution in [3.63, 3.8) is 0 Å². The van der Waals surface area contributed by atoms with Gasteiger partial charge in [0.1, 0.15) is 5.75 Å². The lowest BCUT2D eigenvalue weighted by molar-refractivity contribution is 0.111. The molecular formula is C14H15N3O3. The third kappa shape index (κ3) is 2.74. The largest absolute Gasteiger partial charge is 0.497 e. The van der Waals surface area contributed by atoms with E-state index in [1.165, 1.54) is 10.8 Å². The molecule has 0 fully saturated rings. The fourth-order valence-corrected chi connectivity index (χ4v) is 1.87. The molecule has 6 nitrogen and oxygen atoms in total. The Kier molecular flexibility index (Phi) is 4.24. The molecular weight excluding hydrogens is 258 g/mol. The highest BCUT2D eigenvalue weighted by Gasteiger charge is 2.10. The molecule has 0 radical (unpaired) electrons. The van der Waals surface area contributed by atoms with Crippen LogP contribution < -0.4 is 10.3 Å². The average molecular weight is 273 g/mol. The van der Waals surface area contributed by atoms with Crippen LogP contribution in [0.15, 0.2) is 29.3 Å². The van der Waals surface area contributed by atoms with Gasteiger partial charge < -0.3 is 4.74 Å². The van der Waals surface area contributed by atoms with Crippen LogP contribution in [-0.4, -0.2) is 27.9 Å². The summed E-state index contributed by atoms with van der Waals surface area (Å²) in [6.07, 6.45) is 4.18. The Morgan fingerprint density at radius 2 is 2.20 bits per heavy atom. The van der Waals surface area contributed by atoms with Crippen molar-refractivity contribution >= 4 is 6.29 Å². The monoisotopic (exact) mass is 273 g/mol. The number of methoxy groups -OCH3 is 1. The van der Waals surface area contributed by atoms with E-state index in [4.69, 9.17) is 4.74 Å². The zero-order valence-electron chi connectivity index (χ0n) is 11.4. The summed E-state index contributed by atoms with van der Waals surface area (Å²) < 4.78 is 6.44. The summed E-state index contributed by atoms with van der Waals surface area (Å²) in [6, 6.07) is 3.44. The number of aryl methyl sites for hydroxylation is 1. The number of ether oxygens (including phenoxy) is 1. The summed E-state index contributed by atoms with van der Waals surface area (Å²) in [6.45, 7) is 2.05. The van der Waals surface area contributed by atoms with Crippen molar-refractivity contribution in [3.05, 3.63) is 52.0 Å². The summed E-state index contributed by atoms with van der Waals surface area (Å²) in [5.41, 5.74) is 0.984. The number of nitrogens with zero attached hydrogens (tertiary/aromatic N) is 3. The van der Waals surface area contributed by atoms with Gasteiger partial charge in [-0.3, -0.25) is 19.1 Å². The van der Waals surface area contributed by atoms with Crippen LogP contribution in [-0.2, 0) is 13.0 Å². The van der Waals surface area contributed by atoms with Crippen LogP contribution in [0.4, 0.5) is 0 Å². The lowest BCUT2D eigenvalue weighted by Crippen LogP contribution is -2.28. The first-order valence-corrected chi connectivity index (χ1v) is 6.22. The third-order valence-electron chi connectivity index (χ3n) is 2.98. The molecule has 2 rings (SSSR count). The molecule has 0 aliphatic heterocycles. The quantitative estimate of drug-likeness (QED) is 0.762. The molecule has 0 spiro atoms. The van der Waals surface area contributed by atoms with E-state index >= 15 is 0 Å². The van der Waals surface area contributed by atoms with Gasteiger partial charge >= 0.3 is 0 Å². The number of pyridine rings is 1. The van der Waals surface area contributed by atoms with Gasteiger partial charge in [0, 0.05) is 24.0 Å². The van der Waals surface area contributed by atoms with Crippen molar-refractivity contribution in [2.45, 2.75) is 19.9 Å². The lowest BCUT2D eigenvalue weighted by atomic mass is 10.2. The van der Waals surface area contributed by atoms with E-state index in [-0.39, 0.29) is 17.9 Å². The molecule has 2 aromatic rings. The van der Waals surface area contributed by atoms with Crippen molar-refractivity contribution in [2.24, 2.45) is 0 Å². The third-order valence-corrected chi connectivity index (χ3v) is 2.98. The van der Waals surface area contributed by atoms with E-state index in [0.717, 1.165) is 0 Å². The number of aromatic nitrogens is 3. The molecule has 0 saturated carbocycles. The van der Waals surface area contributed by atoms with Crippen LogP contribution in [0.3, 0.4) is 0 Å². The number of rotatable bonds is 5. The van der Waals surface area contributed by atoms with Gasteiger partial charge in [0.2, 0.25) is 0 Å². The molecule has 0 aromatic carbocycles. The zero-order chi connectivity index (χ0) is 14.5. The van der Waals surface area contributed by atoms with Gasteiger partial charge in [0.05, 0.1) is 19.3 Å². The molecule has 0 atom stereocenters. The second kappa shape index (κ2) is 6.10. The number of hydrogen-bond donors (Lipinski definition) is 0. The van der Waals surface area contributed by atoms with Crippen molar-refractivity contribution < 1.29 is 9.53 Å². The molecule has 2 heterocycles. The maximum atomic E-state index is 12.2. The van der Waals surface area contributed by atoms with E-state index in [1.54, 1.807) is 25.4 Å². The zero-order valence-corrected chi connectivity index (χ0v) is 11.4. The van der Waals surface area contributed by atoms with Crippen molar-refractivity contribution in [2.75, 3.05) is 7.11 Å². The van der Waals surface area contributed by atoms with E-state index < -0.39 is 0 Å². The Balaban J connectivity index is 2.46. The standard InChI is InChI=1S/C14H15N3O3/c1-3-10-7-16-13(9-18)17(14(10)19)8-11-6-12(20-2)4-5-15-11/h4-7,9H,3,8H2,1-2H3. The molecule has 20 heavy (non-hydrogen) atoms. The Morgan fingerprint density at radius 3 is 2.85 bits per heavy atom. The molecule has 0 bridgehead atoms. The minimum atomic E-state index is -0.214. The first-order valence-electron chi connectivity index (χ1n) is 6.22. The Bertz CT molecular complexity index is 680. The molecule has 6 heteroatoms. The van der Waals surface area contributed by atoms with Gasteiger partial charge in [-0.2, -0.15) is 0 Å². The van der Waals surface area contributed by atoms with E-state index in [2.05, 4.69) is 9.97 Å². The fourth-order valence-electron chi connectivity index (χ4n) is 1.87. The van der Waals surface area contributed by atoms with Crippen LogP contribution >= 0.6 is 0 Å². The topological polar surface area (TPSA) is 74.1 Å². The minimum Gasteiger partial charge on any atom is -0.497 e. The molecule has 0 amide bonds. The fraction of sp³-hybridized carbons (Fsp3) is 0.286. The Morgan fingerprint density at radius 1 is 1.40 bits per heavy atom. The van der Waals surface area contributed by atoms with E-state index in [9.17, 15) is 9.59 Å². The van der Waals surface area contributed by atoms with Crippen molar-refractivity contribution in [1.29, 1.82) is 0 Å². The van der Waals surface area contributed by atoms with E-state index in [1.807, 2.05) is 6.92 Å². The molecule has 0 aliphatic carbocycles. The van der Waals surface area contributed by atoms with Crippen LogP contribution in [0.25, 0.3) is 0 Å². The normalized spacial score (nSPS) is 10.3. The van der Waals surface area contributed by atoms with Crippen molar-refractivity contribution in [3.8, 4) is 5.75 Å². The van der Waals surface area contributed by atoms with Crippen LogP contribution in [0.1, 0.15) is 28.8 Å². The highest BCUT2D eigenvalue weighted by atomic mass is 16.5. The second-order valence-electron chi connectivity index (χ2n) is 4.19. The summed E-state index contributed by atoms with van der Waals surface area (Å²) in [5, 5.41) is 0. The maximum absolute atomic E-state index is 12.2. The molecule has 0 unspecified atom stereocenters. The number of carbonyl (C=O) groups excluding carboxylic acids is 1. The first-order chi connectivity index (χ1) is 9.69. The highest BCUT2D eigenvalue weighted by molar-refractivity contribution is 5.69. The Hall–Kier alpha value is -2.50. The van der Waals surface area contributed by atoms with Crippen LogP contribution in [0.5, 0.6) is 5.75 Å². The smallest absolute Gasteiger partial charge is 0.257 e. The molecule has 0 aliphatic rings. The highest BCUT2D eigenvalue weighted by Crippen LogP contribution is 2.11. The predicted octanol–water partition coefficient (Wildman–Crippen LogP) is 1.07. The van der Waals surface area contributed by atoms with Gasteiger partial charge in [0.25, 0.3) is 5.56 Å². The van der Waals surface area contributed by atoms with Crippen LogP contribution in [0.2, 0.25) is 0 Å². The van der Waals surface area contributed by atoms with Gasteiger partial charge in [-0.05, 0) is 12.5 Å². The van der Waals surface area contributed by atoms with Gasteiger partial charge in [-0.15, -0.1) is 0 Å². The first kappa shape index (κ1) is 13.9. The lowest BCUT2D eigenvalue weighted by Gasteiger charge is -2.10. The molecule has 0 saturated heterocycles. The maximum Gasteiger partial charge on any atom is 0.257 e. The Labute approximate surface area is 116 Å². The number of carbonyl (C=O) groups is 1. The molecule has 104 valence electrons. The number of hydrogen-bond acceptors (Lipinski definition) is 5.